The molecule has 0 aliphatic heterocycles. The summed E-state index contributed by atoms with van der Waals surface area (Å²) >= 11 is 5.81. The summed E-state index contributed by atoms with van der Waals surface area (Å²) < 4.78 is 0. The molecular formula is C11H9Cl2-. The second-order valence-corrected chi connectivity index (χ2v) is 3.04. The van der Waals surface area contributed by atoms with E-state index in [0.29, 0.717) is 5.88 Å². The number of hydrogen-bond acceptors (Lipinski definition) is 0. The van der Waals surface area contributed by atoms with Crippen molar-refractivity contribution in [2.75, 3.05) is 0 Å². The van der Waals surface area contributed by atoms with Crippen LogP contribution in [0.1, 0.15) is 5.56 Å². The van der Waals surface area contributed by atoms with Crippen molar-refractivity contribution >= 4 is 22.4 Å². The van der Waals surface area contributed by atoms with Gasteiger partial charge in [0.1, 0.15) is 0 Å². The fourth-order valence-corrected chi connectivity index (χ4v) is 1.64. The lowest BCUT2D eigenvalue weighted by molar-refractivity contribution is -0.00000227. The standard InChI is InChI=1S/C11H9Cl.ClH/c12-8-10-6-3-5-9-4-1-2-7-11(9)10;/h1-7H,8H2;1H/p-1. The van der Waals surface area contributed by atoms with E-state index in [4.69, 9.17) is 11.6 Å². The minimum atomic E-state index is 0. The molecule has 0 N–H and O–H groups in total. The number of benzene rings is 2. The van der Waals surface area contributed by atoms with Crippen LogP contribution in [0.3, 0.4) is 0 Å². The van der Waals surface area contributed by atoms with Crippen molar-refractivity contribution < 1.29 is 12.4 Å². The Morgan fingerprint density at radius 3 is 2.38 bits per heavy atom. The first kappa shape index (κ1) is 10.4. The summed E-state index contributed by atoms with van der Waals surface area (Å²) in [5, 5.41) is 2.52. The lowest BCUT2D eigenvalue weighted by Gasteiger charge is -2.01. The molecule has 2 aromatic carbocycles. The number of alkyl halides is 1. The van der Waals surface area contributed by atoms with Crippen LogP contribution in [0.4, 0.5) is 0 Å². The SMILES string of the molecule is ClCc1cccc2ccccc12.[Cl-]. The molecule has 2 aromatic rings. The summed E-state index contributed by atoms with van der Waals surface area (Å²) in [6.07, 6.45) is 0. The number of hydrogen-bond donors (Lipinski definition) is 0. The van der Waals surface area contributed by atoms with E-state index in [-0.39, 0.29) is 12.4 Å². The molecule has 0 unspecified atom stereocenters. The predicted molar refractivity (Wildman–Crippen MR) is 53.5 cm³/mol. The Kier molecular flexibility index (Phi) is 3.58. The normalized spacial score (nSPS) is 9.62. The van der Waals surface area contributed by atoms with Crippen LogP contribution in [0, 0.1) is 0 Å². The Balaban J connectivity index is 0.000000845. The highest BCUT2D eigenvalue weighted by atomic mass is 35.5. The topological polar surface area (TPSA) is 0 Å². The molecule has 2 heteroatoms. The van der Waals surface area contributed by atoms with Crippen LogP contribution < -0.4 is 12.4 Å². The fourth-order valence-electron chi connectivity index (χ4n) is 1.41. The Hall–Kier alpha value is -0.720. The maximum absolute atomic E-state index is 5.81. The first-order chi connectivity index (χ1) is 5.92. The lowest BCUT2D eigenvalue weighted by Crippen LogP contribution is -3.00. The average Bonchev–Trinajstić information content (AvgIpc) is 2.17. The molecule has 0 saturated carbocycles. The van der Waals surface area contributed by atoms with Crippen LogP contribution in [-0.4, -0.2) is 0 Å². The molecule has 13 heavy (non-hydrogen) atoms. The van der Waals surface area contributed by atoms with E-state index in [0.717, 1.165) is 0 Å². The Morgan fingerprint density at radius 1 is 0.923 bits per heavy atom. The largest absolute Gasteiger partial charge is 1.00 e. The van der Waals surface area contributed by atoms with Gasteiger partial charge in [0.15, 0.2) is 0 Å². The van der Waals surface area contributed by atoms with E-state index in [1.807, 2.05) is 18.2 Å². The van der Waals surface area contributed by atoms with Gasteiger partial charge >= 0.3 is 0 Å². The summed E-state index contributed by atoms with van der Waals surface area (Å²) in [4.78, 5) is 0. The third kappa shape index (κ3) is 1.96. The second-order valence-electron chi connectivity index (χ2n) is 2.77. The van der Waals surface area contributed by atoms with Gasteiger partial charge < -0.3 is 12.4 Å². The monoisotopic (exact) mass is 211 g/mol. The van der Waals surface area contributed by atoms with Crippen molar-refractivity contribution in [3.63, 3.8) is 0 Å². The van der Waals surface area contributed by atoms with Crippen LogP contribution in [-0.2, 0) is 5.88 Å². The highest BCUT2D eigenvalue weighted by molar-refractivity contribution is 6.18. The minimum Gasteiger partial charge on any atom is -1.00 e. The summed E-state index contributed by atoms with van der Waals surface area (Å²) in [5.41, 5.74) is 1.20. The zero-order chi connectivity index (χ0) is 8.39. The molecular weight excluding hydrogens is 203 g/mol. The van der Waals surface area contributed by atoms with Gasteiger partial charge in [-0.15, -0.1) is 11.6 Å². The van der Waals surface area contributed by atoms with Crippen molar-refractivity contribution in [1.82, 2.24) is 0 Å². The van der Waals surface area contributed by atoms with Gasteiger partial charge in [0.25, 0.3) is 0 Å². The summed E-state index contributed by atoms with van der Waals surface area (Å²) in [6, 6.07) is 14.5. The van der Waals surface area contributed by atoms with Crippen molar-refractivity contribution in [2.24, 2.45) is 0 Å². The molecule has 0 fully saturated rings. The third-order valence-electron chi connectivity index (χ3n) is 2.02. The molecule has 0 amide bonds. The second kappa shape index (κ2) is 4.50. The summed E-state index contributed by atoms with van der Waals surface area (Å²) in [7, 11) is 0. The first-order valence-electron chi connectivity index (χ1n) is 3.94. The van der Waals surface area contributed by atoms with Gasteiger partial charge in [0.2, 0.25) is 0 Å². The maximum atomic E-state index is 5.81. The third-order valence-corrected chi connectivity index (χ3v) is 2.31. The molecule has 0 spiro atoms. The van der Waals surface area contributed by atoms with Crippen molar-refractivity contribution in [3.8, 4) is 0 Å². The molecule has 2 rings (SSSR count). The van der Waals surface area contributed by atoms with E-state index in [1.165, 1.54) is 16.3 Å². The molecule has 0 aromatic heterocycles. The first-order valence-corrected chi connectivity index (χ1v) is 4.48. The zero-order valence-electron chi connectivity index (χ0n) is 7.00. The molecule has 0 bridgehead atoms. The van der Waals surface area contributed by atoms with Gasteiger partial charge in [0, 0.05) is 5.88 Å². The van der Waals surface area contributed by atoms with E-state index in [2.05, 4.69) is 24.3 Å². The quantitative estimate of drug-likeness (QED) is 0.606. The average molecular weight is 212 g/mol. The van der Waals surface area contributed by atoms with Crippen LogP contribution in [0.25, 0.3) is 10.8 Å². The van der Waals surface area contributed by atoms with Crippen molar-refractivity contribution in [1.29, 1.82) is 0 Å². The van der Waals surface area contributed by atoms with Crippen molar-refractivity contribution in [2.45, 2.75) is 5.88 Å². The van der Waals surface area contributed by atoms with Gasteiger partial charge in [0.05, 0.1) is 0 Å². The van der Waals surface area contributed by atoms with Crippen LogP contribution in [0.2, 0.25) is 0 Å². The van der Waals surface area contributed by atoms with E-state index in [1.54, 1.807) is 0 Å². The summed E-state index contributed by atoms with van der Waals surface area (Å²) in [5.74, 6) is 0.585. The van der Waals surface area contributed by atoms with Gasteiger partial charge in [-0.05, 0) is 16.3 Å². The van der Waals surface area contributed by atoms with E-state index >= 15 is 0 Å². The molecule has 0 aliphatic carbocycles. The Bertz CT molecular complexity index is 391. The maximum Gasteiger partial charge on any atom is 0.0480 e. The zero-order valence-corrected chi connectivity index (χ0v) is 8.52. The highest BCUT2D eigenvalue weighted by Crippen LogP contribution is 2.19. The van der Waals surface area contributed by atoms with Gasteiger partial charge in [-0.3, -0.25) is 0 Å². The van der Waals surface area contributed by atoms with Gasteiger partial charge in [-0.1, -0.05) is 42.5 Å². The predicted octanol–water partition coefficient (Wildman–Crippen LogP) is 0.583. The van der Waals surface area contributed by atoms with E-state index < -0.39 is 0 Å². The fraction of sp³-hybridized carbons (Fsp3) is 0.0909. The molecule has 68 valence electrons. The lowest BCUT2D eigenvalue weighted by atomic mass is 10.1. The Morgan fingerprint density at radius 2 is 1.62 bits per heavy atom. The Labute approximate surface area is 88.9 Å². The van der Waals surface area contributed by atoms with E-state index in [9.17, 15) is 0 Å². The highest BCUT2D eigenvalue weighted by Gasteiger charge is 1.96. The van der Waals surface area contributed by atoms with Crippen LogP contribution >= 0.6 is 11.6 Å². The van der Waals surface area contributed by atoms with Crippen LogP contribution in [0.5, 0.6) is 0 Å². The molecule has 0 aliphatic rings. The number of halogens is 2. The molecule has 0 atom stereocenters. The molecule has 0 radical (unpaired) electrons. The van der Waals surface area contributed by atoms with Gasteiger partial charge in [-0.2, -0.15) is 0 Å². The molecule has 0 nitrogen and oxygen atoms in total. The van der Waals surface area contributed by atoms with Crippen molar-refractivity contribution in [3.05, 3.63) is 48.0 Å². The molecule has 0 heterocycles. The summed E-state index contributed by atoms with van der Waals surface area (Å²) in [6.45, 7) is 0. The smallest absolute Gasteiger partial charge is 0.0480 e. The number of rotatable bonds is 1. The molecule has 0 saturated heterocycles. The van der Waals surface area contributed by atoms with Gasteiger partial charge in [-0.25, -0.2) is 0 Å². The van der Waals surface area contributed by atoms with Crippen LogP contribution in [0.15, 0.2) is 42.5 Å². The number of fused-ring (bicyclic) bond motifs is 1. The minimum absolute atomic E-state index is 0.